The average Bonchev–Trinajstić information content (AvgIpc) is 2.39. The maximum absolute atomic E-state index is 5.96. The molecule has 1 aromatic carbocycles. The Morgan fingerprint density at radius 2 is 1.65 bits per heavy atom. The first-order chi connectivity index (χ1) is 9.32. The van der Waals surface area contributed by atoms with Crippen molar-refractivity contribution < 1.29 is 0 Å². The van der Waals surface area contributed by atoms with Crippen LogP contribution in [-0.2, 0) is 5.41 Å². The standard InChI is InChI=1S/C16H20ClN3/c1-10-13(11-6-8-12(17)9-7-11)19-15(16(2,3)4)20-14(10)18-5/h6-9H,1-5H3,(H,18,19,20). The minimum atomic E-state index is -0.0968. The van der Waals surface area contributed by atoms with Crippen LogP contribution in [0.25, 0.3) is 11.3 Å². The molecule has 2 aromatic rings. The second-order valence-corrected chi connectivity index (χ2v) is 6.31. The van der Waals surface area contributed by atoms with Gasteiger partial charge in [0.15, 0.2) is 0 Å². The highest BCUT2D eigenvalue weighted by Crippen LogP contribution is 2.30. The van der Waals surface area contributed by atoms with E-state index < -0.39 is 0 Å². The Balaban J connectivity index is 2.65. The number of halogens is 1. The van der Waals surface area contributed by atoms with E-state index >= 15 is 0 Å². The van der Waals surface area contributed by atoms with Crippen LogP contribution in [0.3, 0.4) is 0 Å². The molecule has 0 fully saturated rings. The summed E-state index contributed by atoms with van der Waals surface area (Å²) < 4.78 is 0. The Labute approximate surface area is 125 Å². The molecular formula is C16H20ClN3. The molecule has 0 aliphatic heterocycles. The van der Waals surface area contributed by atoms with E-state index in [-0.39, 0.29) is 5.41 Å². The Bertz CT molecular complexity index is 613. The molecule has 0 unspecified atom stereocenters. The molecule has 0 saturated carbocycles. The lowest BCUT2D eigenvalue weighted by Gasteiger charge is -2.20. The summed E-state index contributed by atoms with van der Waals surface area (Å²) in [5.74, 6) is 1.70. The second kappa shape index (κ2) is 5.41. The van der Waals surface area contributed by atoms with E-state index in [1.165, 1.54) is 0 Å². The predicted molar refractivity (Wildman–Crippen MR) is 85.5 cm³/mol. The molecule has 0 radical (unpaired) electrons. The third-order valence-electron chi connectivity index (χ3n) is 3.17. The van der Waals surface area contributed by atoms with Crippen molar-refractivity contribution in [3.63, 3.8) is 0 Å². The van der Waals surface area contributed by atoms with Gasteiger partial charge in [-0.3, -0.25) is 0 Å². The van der Waals surface area contributed by atoms with E-state index in [4.69, 9.17) is 16.6 Å². The van der Waals surface area contributed by atoms with Crippen molar-refractivity contribution in [2.45, 2.75) is 33.1 Å². The SMILES string of the molecule is CNc1nc(C(C)(C)C)nc(-c2ccc(Cl)cc2)c1C. The zero-order valence-corrected chi connectivity index (χ0v) is 13.3. The molecule has 0 amide bonds. The molecule has 4 heteroatoms. The second-order valence-electron chi connectivity index (χ2n) is 5.88. The first-order valence-electron chi connectivity index (χ1n) is 6.65. The van der Waals surface area contributed by atoms with Gasteiger partial charge in [-0.25, -0.2) is 9.97 Å². The van der Waals surface area contributed by atoms with Crippen LogP contribution in [0.1, 0.15) is 32.2 Å². The van der Waals surface area contributed by atoms with Gasteiger partial charge < -0.3 is 5.32 Å². The van der Waals surface area contributed by atoms with Crippen molar-refractivity contribution in [1.29, 1.82) is 0 Å². The number of rotatable bonds is 2. The number of benzene rings is 1. The van der Waals surface area contributed by atoms with Crippen LogP contribution in [0.4, 0.5) is 5.82 Å². The Kier molecular flexibility index (Phi) is 4.00. The quantitative estimate of drug-likeness (QED) is 0.888. The normalized spacial score (nSPS) is 11.5. The third-order valence-corrected chi connectivity index (χ3v) is 3.42. The molecule has 0 aliphatic rings. The lowest BCUT2D eigenvalue weighted by molar-refractivity contribution is 0.546. The van der Waals surface area contributed by atoms with Gasteiger partial charge >= 0.3 is 0 Å². The van der Waals surface area contributed by atoms with Crippen LogP contribution in [0.5, 0.6) is 0 Å². The van der Waals surface area contributed by atoms with Crippen LogP contribution in [0.15, 0.2) is 24.3 Å². The molecule has 2 rings (SSSR count). The van der Waals surface area contributed by atoms with Crippen molar-refractivity contribution in [3.05, 3.63) is 40.7 Å². The van der Waals surface area contributed by atoms with Crippen LogP contribution < -0.4 is 5.32 Å². The summed E-state index contributed by atoms with van der Waals surface area (Å²) in [6.07, 6.45) is 0. The lowest BCUT2D eigenvalue weighted by Crippen LogP contribution is -2.18. The molecule has 0 bridgehead atoms. The molecular weight excluding hydrogens is 270 g/mol. The summed E-state index contributed by atoms with van der Waals surface area (Å²) in [5, 5.41) is 3.88. The summed E-state index contributed by atoms with van der Waals surface area (Å²) in [7, 11) is 1.88. The summed E-state index contributed by atoms with van der Waals surface area (Å²) in [6.45, 7) is 8.37. The largest absolute Gasteiger partial charge is 0.373 e. The highest BCUT2D eigenvalue weighted by atomic mass is 35.5. The van der Waals surface area contributed by atoms with Gasteiger partial charge in [-0.15, -0.1) is 0 Å². The summed E-state index contributed by atoms with van der Waals surface area (Å²) in [6, 6.07) is 7.75. The fourth-order valence-electron chi connectivity index (χ4n) is 1.98. The van der Waals surface area contributed by atoms with Gasteiger partial charge in [0, 0.05) is 28.6 Å². The lowest BCUT2D eigenvalue weighted by atomic mass is 9.95. The van der Waals surface area contributed by atoms with E-state index in [9.17, 15) is 0 Å². The van der Waals surface area contributed by atoms with Crippen molar-refractivity contribution in [3.8, 4) is 11.3 Å². The number of nitrogens with one attached hydrogen (secondary N) is 1. The Morgan fingerprint density at radius 1 is 1.05 bits per heavy atom. The molecule has 0 spiro atoms. The first-order valence-corrected chi connectivity index (χ1v) is 7.03. The van der Waals surface area contributed by atoms with E-state index in [1.54, 1.807) is 0 Å². The zero-order valence-electron chi connectivity index (χ0n) is 12.6. The monoisotopic (exact) mass is 289 g/mol. The van der Waals surface area contributed by atoms with Crippen molar-refractivity contribution in [2.24, 2.45) is 0 Å². The first kappa shape index (κ1) is 14.8. The van der Waals surface area contributed by atoms with Gasteiger partial charge in [-0.2, -0.15) is 0 Å². The Morgan fingerprint density at radius 3 is 2.15 bits per heavy atom. The molecule has 1 N–H and O–H groups in total. The fraction of sp³-hybridized carbons (Fsp3) is 0.375. The average molecular weight is 290 g/mol. The minimum absolute atomic E-state index is 0.0968. The smallest absolute Gasteiger partial charge is 0.136 e. The van der Waals surface area contributed by atoms with Gasteiger partial charge in [-0.1, -0.05) is 44.5 Å². The predicted octanol–water partition coefficient (Wildman–Crippen LogP) is 4.44. The molecule has 106 valence electrons. The van der Waals surface area contributed by atoms with Gasteiger partial charge in [0.2, 0.25) is 0 Å². The number of hydrogen-bond donors (Lipinski definition) is 1. The van der Waals surface area contributed by atoms with E-state index in [2.05, 4.69) is 31.1 Å². The molecule has 0 aliphatic carbocycles. The maximum atomic E-state index is 5.96. The molecule has 20 heavy (non-hydrogen) atoms. The summed E-state index contributed by atoms with van der Waals surface area (Å²) in [5.41, 5.74) is 2.95. The third kappa shape index (κ3) is 2.93. The number of anilines is 1. The number of hydrogen-bond acceptors (Lipinski definition) is 3. The van der Waals surface area contributed by atoms with Crippen LogP contribution in [-0.4, -0.2) is 17.0 Å². The highest BCUT2D eigenvalue weighted by molar-refractivity contribution is 6.30. The van der Waals surface area contributed by atoms with E-state index in [0.29, 0.717) is 0 Å². The van der Waals surface area contributed by atoms with Gasteiger partial charge in [0.1, 0.15) is 11.6 Å². The van der Waals surface area contributed by atoms with E-state index in [1.807, 2.05) is 38.2 Å². The van der Waals surface area contributed by atoms with Crippen molar-refractivity contribution in [1.82, 2.24) is 9.97 Å². The maximum Gasteiger partial charge on any atom is 0.136 e. The molecule has 1 aromatic heterocycles. The highest BCUT2D eigenvalue weighted by Gasteiger charge is 2.21. The minimum Gasteiger partial charge on any atom is -0.373 e. The van der Waals surface area contributed by atoms with Gasteiger partial charge in [0.25, 0.3) is 0 Å². The fourth-order valence-corrected chi connectivity index (χ4v) is 2.11. The van der Waals surface area contributed by atoms with Crippen LogP contribution >= 0.6 is 11.6 Å². The van der Waals surface area contributed by atoms with Gasteiger partial charge in [0.05, 0.1) is 5.69 Å². The van der Waals surface area contributed by atoms with Crippen molar-refractivity contribution in [2.75, 3.05) is 12.4 Å². The van der Waals surface area contributed by atoms with Crippen LogP contribution in [0, 0.1) is 6.92 Å². The summed E-state index contributed by atoms with van der Waals surface area (Å²) >= 11 is 5.96. The molecule has 0 atom stereocenters. The molecule has 0 saturated heterocycles. The molecule has 3 nitrogen and oxygen atoms in total. The topological polar surface area (TPSA) is 37.8 Å². The Hall–Kier alpha value is -1.61. The van der Waals surface area contributed by atoms with Crippen molar-refractivity contribution >= 4 is 17.4 Å². The molecule has 1 heterocycles. The zero-order chi connectivity index (χ0) is 14.9. The van der Waals surface area contributed by atoms with E-state index in [0.717, 1.165) is 33.5 Å². The van der Waals surface area contributed by atoms with Crippen LogP contribution in [0.2, 0.25) is 5.02 Å². The van der Waals surface area contributed by atoms with Gasteiger partial charge in [-0.05, 0) is 19.1 Å². The number of aromatic nitrogens is 2. The summed E-state index contributed by atoms with van der Waals surface area (Å²) in [4.78, 5) is 9.38. The number of nitrogens with zero attached hydrogens (tertiary/aromatic N) is 2.